The third kappa shape index (κ3) is 1.61. The van der Waals surface area contributed by atoms with Gasteiger partial charge in [-0.15, -0.1) is 0 Å². The van der Waals surface area contributed by atoms with Crippen LogP contribution in [0.1, 0.15) is 15.9 Å². The molecule has 2 rings (SSSR count). The van der Waals surface area contributed by atoms with E-state index in [9.17, 15) is 4.79 Å². The van der Waals surface area contributed by atoms with Crippen LogP contribution in [-0.2, 0) is 4.74 Å². The van der Waals surface area contributed by atoms with Crippen molar-refractivity contribution in [2.24, 2.45) is 0 Å². The zero-order valence-corrected chi connectivity index (χ0v) is 8.73. The first-order valence-corrected chi connectivity index (χ1v) is 4.77. The van der Waals surface area contributed by atoms with Crippen LogP contribution in [0.5, 0.6) is 0 Å². The highest BCUT2D eigenvalue weighted by Gasteiger charge is 2.07. The number of fused-ring (bicyclic) bond motifs is 1. The highest BCUT2D eigenvalue weighted by atomic mass is 16.5. The molecule has 0 saturated heterocycles. The van der Waals surface area contributed by atoms with E-state index in [0.29, 0.717) is 11.1 Å². The summed E-state index contributed by atoms with van der Waals surface area (Å²) >= 11 is 0. The number of methoxy groups -OCH3 is 1. The zero-order valence-electron chi connectivity index (χ0n) is 8.73. The second kappa shape index (κ2) is 4.03. The van der Waals surface area contributed by atoms with Gasteiger partial charge in [-0.3, -0.25) is 0 Å². The average molecular weight is 211 g/mol. The minimum Gasteiger partial charge on any atom is -0.465 e. The Morgan fingerprint density at radius 1 is 1.31 bits per heavy atom. The summed E-state index contributed by atoms with van der Waals surface area (Å²) in [6.45, 7) is 0. The molecule has 16 heavy (non-hydrogen) atoms. The van der Waals surface area contributed by atoms with Crippen molar-refractivity contribution in [3.05, 3.63) is 47.5 Å². The number of carbonyl (C=O) groups is 1. The minimum atomic E-state index is -0.371. The normalized spacial score (nSPS) is 9.75. The van der Waals surface area contributed by atoms with E-state index in [0.717, 1.165) is 10.8 Å². The van der Waals surface area contributed by atoms with Crippen molar-refractivity contribution < 1.29 is 9.53 Å². The van der Waals surface area contributed by atoms with Gasteiger partial charge in [-0.25, -0.2) is 4.79 Å². The van der Waals surface area contributed by atoms with Crippen molar-refractivity contribution in [3.8, 4) is 6.07 Å². The number of benzene rings is 2. The third-order valence-corrected chi connectivity index (χ3v) is 2.42. The quantitative estimate of drug-likeness (QED) is 0.681. The Balaban J connectivity index is 2.65. The SMILES string of the molecule is COC(=O)c1ccc2c(C#N)cccc2c1. The number of nitrogens with zero attached hydrogens (tertiary/aromatic N) is 1. The summed E-state index contributed by atoms with van der Waals surface area (Å²) in [5.41, 5.74) is 1.10. The van der Waals surface area contributed by atoms with Crippen LogP contribution in [0.3, 0.4) is 0 Å². The summed E-state index contributed by atoms with van der Waals surface area (Å²) in [4.78, 5) is 11.3. The van der Waals surface area contributed by atoms with Gasteiger partial charge in [-0.1, -0.05) is 18.2 Å². The van der Waals surface area contributed by atoms with E-state index < -0.39 is 0 Å². The molecule has 0 aliphatic heterocycles. The first kappa shape index (κ1) is 10.2. The summed E-state index contributed by atoms with van der Waals surface area (Å²) in [6.07, 6.45) is 0. The molecule has 0 radical (unpaired) electrons. The van der Waals surface area contributed by atoms with Crippen LogP contribution in [0, 0.1) is 11.3 Å². The number of hydrogen-bond donors (Lipinski definition) is 0. The van der Waals surface area contributed by atoms with E-state index in [1.165, 1.54) is 7.11 Å². The molecule has 0 aliphatic carbocycles. The fraction of sp³-hybridized carbons (Fsp3) is 0.0769. The second-order valence-corrected chi connectivity index (χ2v) is 3.34. The van der Waals surface area contributed by atoms with Crippen molar-refractivity contribution in [2.45, 2.75) is 0 Å². The molecule has 0 bridgehead atoms. The maximum atomic E-state index is 11.3. The van der Waals surface area contributed by atoms with Crippen LogP contribution >= 0.6 is 0 Å². The van der Waals surface area contributed by atoms with Gasteiger partial charge < -0.3 is 4.74 Å². The summed E-state index contributed by atoms with van der Waals surface area (Å²) in [6, 6.07) is 12.7. The van der Waals surface area contributed by atoms with E-state index in [-0.39, 0.29) is 5.97 Å². The standard InChI is InChI=1S/C13H9NO2/c1-16-13(15)10-5-6-12-9(7-10)3-2-4-11(12)8-14/h2-7H,1H3. The number of ether oxygens (including phenoxy) is 1. The molecule has 0 saturated carbocycles. The smallest absolute Gasteiger partial charge is 0.337 e. The number of rotatable bonds is 1. The topological polar surface area (TPSA) is 50.1 Å². The Kier molecular flexibility index (Phi) is 2.57. The molecule has 0 unspecified atom stereocenters. The third-order valence-electron chi connectivity index (χ3n) is 2.42. The van der Waals surface area contributed by atoms with E-state index in [4.69, 9.17) is 5.26 Å². The van der Waals surface area contributed by atoms with Crippen molar-refractivity contribution in [3.63, 3.8) is 0 Å². The number of hydrogen-bond acceptors (Lipinski definition) is 3. The molecule has 0 N–H and O–H groups in total. The first-order valence-electron chi connectivity index (χ1n) is 4.77. The van der Waals surface area contributed by atoms with E-state index >= 15 is 0 Å². The molecule has 0 atom stereocenters. The Bertz CT molecular complexity index is 596. The molecule has 3 nitrogen and oxygen atoms in total. The monoisotopic (exact) mass is 211 g/mol. The lowest BCUT2D eigenvalue weighted by Gasteiger charge is -2.03. The Hall–Kier alpha value is -2.34. The van der Waals surface area contributed by atoms with Crippen molar-refractivity contribution in [2.75, 3.05) is 7.11 Å². The number of nitriles is 1. The lowest BCUT2D eigenvalue weighted by molar-refractivity contribution is 0.0601. The summed E-state index contributed by atoms with van der Waals surface area (Å²) < 4.78 is 4.64. The predicted octanol–water partition coefficient (Wildman–Crippen LogP) is 2.50. The van der Waals surface area contributed by atoms with Gasteiger partial charge in [0.1, 0.15) is 0 Å². The fourth-order valence-corrected chi connectivity index (χ4v) is 1.63. The molecule has 0 amide bonds. The summed E-state index contributed by atoms with van der Waals surface area (Å²) in [5, 5.41) is 10.6. The van der Waals surface area contributed by atoms with E-state index in [1.807, 2.05) is 6.07 Å². The molecule has 3 heteroatoms. The van der Waals surface area contributed by atoms with E-state index in [1.54, 1.807) is 30.3 Å². The molecule has 78 valence electrons. The highest BCUT2D eigenvalue weighted by Crippen LogP contribution is 2.20. The Labute approximate surface area is 92.9 Å². The fourth-order valence-electron chi connectivity index (χ4n) is 1.63. The number of carbonyl (C=O) groups excluding carboxylic acids is 1. The Morgan fingerprint density at radius 2 is 2.12 bits per heavy atom. The van der Waals surface area contributed by atoms with Gasteiger partial charge in [0.15, 0.2) is 0 Å². The molecule has 0 aromatic heterocycles. The summed E-state index contributed by atoms with van der Waals surface area (Å²) in [7, 11) is 1.35. The van der Waals surface area contributed by atoms with Crippen LogP contribution in [0.2, 0.25) is 0 Å². The van der Waals surface area contributed by atoms with E-state index in [2.05, 4.69) is 10.8 Å². The van der Waals surface area contributed by atoms with Crippen molar-refractivity contribution in [1.29, 1.82) is 5.26 Å². The lowest BCUT2D eigenvalue weighted by atomic mass is 10.0. The van der Waals surface area contributed by atoms with Gasteiger partial charge >= 0.3 is 5.97 Å². The molecule has 2 aromatic carbocycles. The van der Waals surface area contributed by atoms with Crippen molar-refractivity contribution >= 4 is 16.7 Å². The van der Waals surface area contributed by atoms with Gasteiger partial charge in [0.2, 0.25) is 0 Å². The van der Waals surface area contributed by atoms with Crippen molar-refractivity contribution in [1.82, 2.24) is 0 Å². The highest BCUT2D eigenvalue weighted by molar-refractivity contribution is 5.96. The maximum absolute atomic E-state index is 11.3. The van der Waals surface area contributed by atoms with Crippen LogP contribution in [0.4, 0.5) is 0 Å². The number of esters is 1. The molecule has 2 aromatic rings. The van der Waals surface area contributed by atoms with Crippen LogP contribution in [0.25, 0.3) is 10.8 Å². The van der Waals surface area contributed by atoms with Gasteiger partial charge in [-0.05, 0) is 29.0 Å². The molecular formula is C13H9NO2. The molecule has 0 heterocycles. The largest absolute Gasteiger partial charge is 0.465 e. The first-order chi connectivity index (χ1) is 7.76. The second-order valence-electron chi connectivity index (χ2n) is 3.34. The lowest BCUT2D eigenvalue weighted by Crippen LogP contribution is -2.00. The van der Waals surface area contributed by atoms with Crippen LogP contribution < -0.4 is 0 Å². The van der Waals surface area contributed by atoms with Gasteiger partial charge in [0.05, 0.1) is 24.3 Å². The Morgan fingerprint density at radius 3 is 2.81 bits per heavy atom. The van der Waals surface area contributed by atoms with Gasteiger partial charge in [0.25, 0.3) is 0 Å². The van der Waals surface area contributed by atoms with Crippen LogP contribution in [-0.4, -0.2) is 13.1 Å². The van der Waals surface area contributed by atoms with Gasteiger partial charge in [-0.2, -0.15) is 5.26 Å². The minimum absolute atomic E-state index is 0.371. The maximum Gasteiger partial charge on any atom is 0.337 e. The molecule has 0 spiro atoms. The average Bonchev–Trinajstić information content (AvgIpc) is 2.36. The predicted molar refractivity (Wildman–Crippen MR) is 60.0 cm³/mol. The molecule has 0 aliphatic rings. The zero-order chi connectivity index (χ0) is 11.5. The van der Waals surface area contributed by atoms with Gasteiger partial charge in [0, 0.05) is 0 Å². The van der Waals surface area contributed by atoms with Crippen LogP contribution in [0.15, 0.2) is 36.4 Å². The molecular weight excluding hydrogens is 202 g/mol. The molecule has 0 fully saturated rings. The summed E-state index contributed by atoms with van der Waals surface area (Å²) in [5.74, 6) is -0.371.